The average molecular weight is 435 g/mol. The van der Waals surface area contributed by atoms with Crippen molar-refractivity contribution in [3.05, 3.63) is 82.4 Å². The molecule has 2 aromatic carbocycles. The van der Waals surface area contributed by atoms with E-state index >= 15 is 0 Å². The van der Waals surface area contributed by atoms with E-state index in [1.165, 1.54) is 0 Å². The van der Waals surface area contributed by atoms with E-state index in [0.717, 1.165) is 35.5 Å². The number of benzene rings is 2. The van der Waals surface area contributed by atoms with E-state index in [1.54, 1.807) is 0 Å². The van der Waals surface area contributed by atoms with Crippen molar-refractivity contribution in [1.29, 1.82) is 0 Å². The van der Waals surface area contributed by atoms with Crippen molar-refractivity contribution in [3.63, 3.8) is 0 Å². The summed E-state index contributed by atoms with van der Waals surface area (Å²) in [4.78, 5) is 28.3. The van der Waals surface area contributed by atoms with Crippen molar-refractivity contribution in [2.45, 2.75) is 25.7 Å². The lowest BCUT2D eigenvalue weighted by atomic mass is 9.90. The van der Waals surface area contributed by atoms with Gasteiger partial charge in [0.05, 0.1) is 11.6 Å². The summed E-state index contributed by atoms with van der Waals surface area (Å²) < 4.78 is 3.86. The molecule has 1 fully saturated rings. The summed E-state index contributed by atoms with van der Waals surface area (Å²) in [6.07, 6.45) is 1.75. The molecule has 0 aliphatic carbocycles. The third-order valence-corrected chi connectivity index (χ3v) is 6.66. The molecule has 31 heavy (non-hydrogen) atoms. The molecule has 0 bridgehead atoms. The minimum absolute atomic E-state index is 0.0160. The highest BCUT2D eigenvalue weighted by Crippen LogP contribution is 2.25. The van der Waals surface area contributed by atoms with Gasteiger partial charge in [-0.15, -0.1) is 5.10 Å². The van der Waals surface area contributed by atoms with Gasteiger partial charge < -0.3 is 10.2 Å². The molecule has 2 amide bonds. The molecule has 1 saturated heterocycles. The quantitative estimate of drug-likeness (QED) is 0.643. The Labute approximate surface area is 186 Å². The number of likely N-dealkylation sites (tertiary alicyclic amines) is 1. The van der Waals surface area contributed by atoms with Crippen LogP contribution in [0.5, 0.6) is 0 Å². The fraction of sp³-hybridized carbons (Fsp3) is 0.333. The van der Waals surface area contributed by atoms with Crippen LogP contribution in [0.1, 0.15) is 45.3 Å². The number of piperidine rings is 1. The van der Waals surface area contributed by atoms with Gasteiger partial charge >= 0.3 is 0 Å². The summed E-state index contributed by atoms with van der Waals surface area (Å²) in [7, 11) is 0. The van der Waals surface area contributed by atoms with E-state index in [2.05, 4.69) is 14.9 Å². The van der Waals surface area contributed by atoms with Crippen LogP contribution in [0.2, 0.25) is 0 Å². The first-order valence-electron chi connectivity index (χ1n) is 10.6. The molecule has 160 valence electrons. The summed E-state index contributed by atoms with van der Waals surface area (Å²) in [5, 5.41) is 7.11. The third-order valence-electron chi connectivity index (χ3n) is 5.84. The third kappa shape index (κ3) is 4.99. The van der Waals surface area contributed by atoms with E-state index < -0.39 is 0 Å². The molecular weight excluding hydrogens is 408 g/mol. The van der Waals surface area contributed by atoms with Crippen molar-refractivity contribution >= 4 is 23.3 Å². The number of hydrogen-bond donors (Lipinski definition) is 1. The Morgan fingerprint density at radius 1 is 1.03 bits per heavy atom. The molecule has 6 nitrogen and oxygen atoms in total. The second-order valence-corrected chi connectivity index (χ2v) is 8.68. The maximum absolute atomic E-state index is 13.2. The van der Waals surface area contributed by atoms with Crippen LogP contribution in [-0.2, 0) is 4.79 Å². The lowest BCUT2D eigenvalue weighted by Crippen LogP contribution is -2.42. The zero-order chi connectivity index (χ0) is 21.6. The molecular formula is C24H26N4O2S. The highest BCUT2D eigenvalue weighted by atomic mass is 32.1. The number of carbonyl (C=O) groups excluding carboxylic acids is 2. The molecule has 3 aromatic rings. The van der Waals surface area contributed by atoms with Gasteiger partial charge in [-0.1, -0.05) is 65.2 Å². The Morgan fingerprint density at radius 3 is 2.13 bits per heavy atom. The lowest BCUT2D eigenvalue weighted by molar-refractivity contribution is -0.122. The molecule has 7 heteroatoms. The summed E-state index contributed by atoms with van der Waals surface area (Å²) in [5.41, 5.74) is 2.66. The molecule has 0 radical (unpaired) electrons. The van der Waals surface area contributed by atoms with Crippen molar-refractivity contribution in [2.75, 3.05) is 19.6 Å². The number of amides is 2. The molecule has 1 aliphatic heterocycles. The zero-order valence-electron chi connectivity index (χ0n) is 17.5. The molecule has 4 rings (SSSR count). The first-order valence-corrected chi connectivity index (χ1v) is 11.4. The van der Waals surface area contributed by atoms with Crippen LogP contribution in [0, 0.1) is 12.8 Å². The molecule has 0 atom stereocenters. The number of hydrogen-bond acceptors (Lipinski definition) is 5. The zero-order valence-corrected chi connectivity index (χ0v) is 18.3. The van der Waals surface area contributed by atoms with E-state index in [9.17, 15) is 9.59 Å². The normalized spacial score (nSPS) is 14.6. The monoisotopic (exact) mass is 434 g/mol. The Hall–Kier alpha value is -3.06. The van der Waals surface area contributed by atoms with Gasteiger partial charge in [-0.2, -0.15) is 0 Å². The lowest BCUT2D eigenvalue weighted by Gasteiger charge is -2.32. The Balaban J connectivity index is 1.35. The Bertz CT molecular complexity index is 975. The van der Waals surface area contributed by atoms with Gasteiger partial charge in [0.2, 0.25) is 5.91 Å². The number of nitrogens with zero attached hydrogens (tertiary/aromatic N) is 3. The first-order chi connectivity index (χ1) is 15.1. The molecule has 0 spiro atoms. The average Bonchev–Trinajstić information content (AvgIpc) is 3.25. The number of rotatable bonds is 6. The summed E-state index contributed by atoms with van der Waals surface area (Å²) in [6.45, 7) is 3.82. The predicted octanol–water partition coefficient (Wildman–Crippen LogP) is 3.65. The van der Waals surface area contributed by atoms with Crippen LogP contribution >= 0.6 is 11.5 Å². The van der Waals surface area contributed by atoms with Crippen LogP contribution < -0.4 is 5.32 Å². The molecule has 2 heterocycles. The summed E-state index contributed by atoms with van der Waals surface area (Å²) in [6, 6.07) is 19.8. The minimum Gasteiger partial charge on any atom is -0.355 e. The fourth-order valence-electron chi connectivity index (χ4n) is 4.04. The van der Waals surface area contributed by atoms with Gasteiger partial charge in [0.1, 0.15) is 4.88 Å². The number of nitrogens with one attached hydrogen (secondary N) is 1. The van der Waals surface area contributed by atoms with Crippen molar-refractivity contribution in [3.8, 4) is 0 Å². The molecule has 1 N–H and O–H groups in total. The predicted molar refractivity (Wildman–Crippen MR) is 121 cm³/mol. The van der Waals surface area contributed by atoms with Gasteiger partial charge in [0.15, 0.2) is 0 Å². The number of aryl methyl sites for hydroxylation is 1. The van der Waals surface area contributed by atoms with Gasteiger partial charge in [0.25, 0.3) is 5.91 Å². The molecule has 1 aliphatic rings. The van der Waals surface area contributed by atoms with Gasteiger partial charge in [0, 0.05) is 19.6 Å². The highest BCUT2D eigenvalue weighted by Gasteiger charge is 2.28. The van der Waals surface area contributed by atoms with Gasteiger partial charge in [-0.05, 0) is 48.3 Å². The molecule has 1 aromatic heterocycles. The van der Waals surface area contributed by atoms with Crippen LogP contribution in [0.15, 0.2) is 60.7 Å². The van der Waals surface area contributed by atoms with E-state index in [4.69, 9.17) is 0 Å². The highest BCUT2D eigenvalue weighted by molar-refractivity contribution is 7.07. The van der Waals surface area contributed by atoms with Crippen LogP contribution in [0.25, 0.3) is 0 Å². The minimum atomic E-state index is -0.328. The van der Waals surface area contributed by atoms with E-state index in [-0.39, 0.29) is 17.7 Å². The topological polar surface area (TPSA) is 75.2 Å². The standard InChI is InChI=1S/C24H26N4O2S/c1-17-22(31-27-26-17)24(30)28-14-12-18(13-15-28)16-25-23(29)21(19-8-4-2-5-9-19)20-10-6-3-7-11-20/h2-11,18,21H,12-16H2,1H3,(H,25,29). The van der Waals surface area contributed by atoms with Crippen molar-refractivity contribution in [2.24, 2.45) is 5.92 Å². The molecule has 0 unspecified atom stereocenters. The second kappa shape index (κ2) is 9.83. The Morgan fingerprint density at radius 2 is 1.61 bits per heavy atom. The van der Waals surface area contributed by atoms with E-state index in [0.29, 0.717) is 36.1 Å². The summed E-state index contributed by atoms with van der Waals surface area (Å²) >= 11 is 1.16. The number of aromatic nitrogens is 2. The fourth-order valence-corrected chi connectivity index (χ4v) is 4.67. The van der Waals surface area contributed by atoms with Crippen molar-refractivity contribution in [1.82, 2.24) is 19.8 Å². The first kappa shape index (κ1) is 21.2. The molecule has 0 saturated carbocycles. The Kier molecular flexibility index (Phi) is 6.72. The number of carbonyl (C=O) groups is 2. The maximum Gasteiger partial charge on any atom is 0.267 e. The second-order valence-electron chi connectivity index (χ2n) is 7.92. The van der Waals surface area contributed by atoms with Crippen LogP contribution in [0.3, 0.4) is 0 Å². The SMILES string of the molecule is Cc1nnsc1C(=O)N1CCC(CNC(=O)C(c2ccccc2)c2ccccc2)CC1. The smallest absolute Gasteiger partial charge is 0.267 e. The largest absolute Gasteiger partial charge is 0.355 e. The van der Waals surface area contributed by atoms with Crippen LogP contribution in [0.4, 0.5) is 0 Å². The summed E-state index contributed by atoms with van der Waals surface area (Å²) in [5.74, 6) is 0.0669. The van der Waals surface area contributed by atoms with Gasteiger partial charge in [-0.25, -0.2) is 0 Å². The van der Waals surface area contributed by atoms with Crippen LogP contribution in [-0.4, -0.2) is 45.9 Å². The maximum atomic E-state index is 13.2. The van der Waals surface area contributed by atoms with Gasteiger partial charge in [-0.3, -0.25) is 9.59 Å². The van der Waals surface area contributed by atoms with Crippen molar-refractivity contribution < 1.29 is 9.59 Å². The van der Waals surface area contributed by atoms with E-state index in [1.807, 2.05) is 72.5 Å².